The molecular formula is C9H20N2O2P2. The largest absolute Gasteiger partial charge is 0.327 e. The molecule has 1 N–H and O–H groups in total. The van der Waals surface area contributed by atoms with Crippen molar-refractivity contribution in [1.29, 1.82) is 0 Å². The van der Waals surface area contributed by atoms with Gasteiger partial charge in [-0.25, -0.2) is 0 Å². The molecule has 88 valence electrons. The number of rotatable bonds is 4. The first-order chi connectivity index (χ1) is 7.19. The third kappa shape index (κ3) is 4.55. The highest BCUT2D eigenvalue weighted by Crippen LogP contribution is 2.24. The molecule has 1 aliphatic heterocycles. The van der Waals surface area contributed by atoms with Gasteiger partial charge < -0.3 is 9.46 Å². The topological polar surface area (TPSA) is 49.4 Å². The van der Waals surface area contributed by atoms with Crippen LogP contribution in [0.5, 0.6) is 0 Å². The number of hydrogen-bond acceptors (Lipinski definition) is 3. The van der Waals surface area contributed by atoms with Crippen molar-refractivity contribution in [2.45, 2.75) is 32.7 Å². The maximum absolute atomic E-state index is 11.4. The molecule has 4 unspecified atom stereocenters. The lowest BCUT2D eigenvalue weighted by atomic mass is 10.00. The third-order valence-electron chi connectivity index (χ3n) is 2.27. The molecule has 1 saturated heterocycles. The third-order valence-corrected chi connectivity index (χ3v) is 3.21. The summed E-state index contributed by atoms with van der Waals surface area (Å²) in [5.41, 5.74) is 0. The molecule has 0 radical (unpaired) electrons. The lowest BCUT2D eigenvalue weighted by molar-refractivity contribution is -0.127. The molecule has 4 nitrogen and oxygen atoms in total. The van der Waals surface area contributed by atoms with Crippen LogP contribution in [0.3, 0.4) is 0 Å². The molecule has 1 aliphatic rings. The normalized spacial score (nSPS) is 22.0. The van der Waals surface area contributed by atoms with Gasteiger partial charge in [-0.3, -0.25) is 9.88 Å². The molecule has 4 atom stereocenters. The van der Waals surface area contributed by atoms with Crippen molar-refractivity contribution in [1.82, 2.24) is 9.76 Å². The minimum absolute atomic E-state index is 0.000694. The molecule has 0 aliphatic carbocycles. The van der Waals surface area contributed by atoms with Gasteiger partial charge in [0.1, 0.15) is 6.29 Å². The Morgan fingerprint density at radius 3 is 2.60 bits per heavy atom. The molecule has 0 spiro atoms. The maximum Gasteiger partial charge on any atom is 0.228 e. The fraction of sp³-hybridized carbons (Fsp3) is 0.778. The van der Waals surface area contributed by atoms with Crippen molar-refractivity contribution in [3.63, 3.8) is 0 Å². The Balaban J connectivity index is 0.000000921. The SMILES string of the molecule is CC.O=CC(CC1CCN(P)C1=O)NP. The van der Waals surface area contributed by atoms with E-state index < -0.39 is 0 Å². The second kappa shape index (κ2) is 8.15. The molecule has 0 aromatic heterocycles. The zero-order valence-corrected chi connectivity index (χ0v) is 11.6. The standard InChI is InChI=1S/C7H14N2O2P2.C2H6/c10-4-6(8-12)3-5-1-2-9(13)7(5)11;1-2/h4-6,8H,1-3,12-13H2;1-2H3. The minimum atomic E-state index is -0.226. The van der Waals surface area contributed by atoms with E-state index in [1.54, 1.807) is 4.67 Å². The Morgan fingerprint density at radius 1 is 1.67 bits per heavy atom. The van der Waals surface area contributed by atoms with E-state index in [1.807, 2.05) is 13.8 Å². The summed E-state index contributed by atoms with van der Waals surface area (Å²) in [4.78, 5) is 21.9. The van der Waals surface area contributed by atoms with Gasteiger partial charge >= 0.3 is 0 Å². The predicted molar refractivity (Wildman–Crippen MR) is 68.2 cm³/mol. The van der Waals surface area contributed by atoms with E-state index in [0.717, 1.165) is 19.3 Å². The molecule has 0 aromatic carbocycles. The zero-order valence-electron chi connectivity index (χ0n) is 9.27. The van der Waals surface area contributed by atoms with Crippen LogP contribution in [-0.2, 0) is 9.59 Å². The molecule has 1 fully saturated rings. The van der Waals surface area contributed by atoms with Crippen molar-refractivity contribution in [3.05, 3.63) is 0 Å². The monoisotopic (exact) mass is 250 g/mol. The highest BCUT2D eigenvalue weighted by Gasteiger charge is 2.30. The fourth-order valence-corrected chi connectivity index (χ4v) is 2.03. The molecule has 1 heterocycles. The molecule has 0 bridgehead atoms. The van der Waals surface area contributed by atoms with Crippen molar-refractivity contribution < 1.29 is 9.59 Å². The van der Waals surface area contributed by atoms with Gasteiger partial charge in [-0.2, -0.15) is 0 Å². The molecule has 15 heavy (non-hydrogen) atoms. The highest BCUT2D eigenvalue weighted by atomic mass is 31.0. The predicted octanol–water partition coefficient (Wildman–Crippen LogP) is 0.988. The van der Waals surface area contributed by atoms with Crippen LogP contribution in [0, 0.1) is 5.92 Å². The van der Waals surface area contributed by atoms with E-state index in [4.69, 9.17) is 0 Å². The molecule has 6 heteroatoms. The van der Waals surface area contributed by atoms with Gasteiger partial charge in [-0.05, 0) is 22.2 Å². The lowest BCUT2D eigenvalue weighted by Gasteiger charge is -2.13. The van der Waals surface area contributed by atoms with Gasteiger partial charge in [0.05, 0.1) is 6.04 Å². The number of aldehydes is 1. The summed E-state index contributed by atoms with van der Waals surface area (Å²) < 4.78 is 1.63. The van der Waals surface area contributed by atoms with Crippen LogP contribution in [0.15, 0.2) is 0 Å². The maximum atomic E-state index is 11.4. The Hall–Kier alpha value is -0.0400. The zero-order chi connectivity index (χ0) is 11.8. The first kappa shape index (κ1) is 15.0. The van der Waals surface area contributed by atoms with Crippen LogP contribution in [0.25, 0.3) is 0 Å². The quantitative estimate of drug-likeness (QED) is 0.598. The molecule has 0 saturated carbocycles. The van der Waals surface area contributed by atoms with E-state index in [9.17, 15) is 9.59 Å². The summed E-state index contributed by atoms with van der Waals surface area (Å²) in [6.45, 7) is 4.77. The van der Waals surface area contributed by atoms with E-state index in [2.05, 4.69) is 23.9 Å². The molecule has 1 rings (SSSR count). The average Bonchev–Trinajstić information content (AvgIpc) is 2.60. The highest BCUT2D eigenvalue weighted by molar-refractivity contribution is 7.14. The Morgan fingerprint density at radius 2 is 2.27 bits per heavy atom. The number of carbonyl (C=O) groups is 2. The van der Waals surface area contributed by atoms with Gasteiger partial charge in [-0.1, -0.05) is 23.2 Å². The first-order valence-electron chi connectivity index (χ1n) is 5.16. The van der Waals surface area contributed by atoms with Gasteiger partial charge in [0, 0.05) is 12.5 Å². The summed E-state index contributed by atoms with van der Waals surface area (Å²) >= 11 is 0. The van der Waals surface area contributed by atoms with Gasteiger partial charge in [0.15, 0.2) is 0 Å². The van der Waals surface area contributed by atoms with E-state index in [-0.39, 0.29) is 17.9 Å². The van der Waals surface area contributed by atoms with Crippen molar-refractivity contribution in [2.24, 2.45) is 5.92 Å². The van der Waals surface area contributed by atoms with Crippen LogP contribution in [0.2, 0.25) is 0 Å². The summed E-state index contributed by atoms with van der Waals surface area (Å²) in [5, 5.41) is 2.79. The summed E-state index contributed by atoms with van der Waals surface area (Å²) in [5.74, 6) is 0.123. The lowest BCUT2D eigenvalue weighted by Crippen LogP contribution is -2.28. The fourth-order valence-electron chi connectivity index (χ4n) is 1.45. The Labute approximate surface area is 96.1 Å². The van der Waals surface area contributed by atoms with Crippen LogP contribution >= 0.6 is 18.8 Å². The minimum Gasteiger partial charge on any atom is -0.327 e. The number of nitrogens with one attached hydrogen (secondary N) is 1. The van der Waals surface area contributed by atoms with Crippen LogP contribution in [0.1, 0.15) is 26.7 Å². The number of carbonyl (C=O) groups excluding carboxylic acids is 2. The molecular weight excluding hydrogens is 230 g/mol. The Bertz CT molecular complexity index is 214. The first-order valence-corrected chi connectivity index (χ1v) is 6.26. The van der Waals surface area contributed by atoms with E-state index >= 15 is 0 Å². The van der Waals surface area contributed by atoms with Crippen LogP contribution in [-0.4, -0.2) is 29.5 Å². The Kier molecular flexibility index (Phi) is 8.13. The molecule has 1 amide bonds. The number of nitrogens with zero attached hydrogens (tertiary/aromatic N) is 1. The van der Waals surface area contributed by atoms with E-state index in [0.29, 0.717) is 6.42 Å². The van der Waals surface area contributed by atoms with Gasteiger partial charge in [0.2, 0.25) is 5.91 Å². The number of hydrogen-bond donors (Lipinski definition) is 1. The van der Waals surface area contributed by atoms with Gasteiger partial charge in [0.25, 0.3) is 0 Å². The average molecular weight is 250 g/mol. The second-order valence-electron chi connectivity index (χ2n) is 3.16. The van der Waals surface area contributed by atoms with Crippen LogP contribution in [0.4, 0.5) is 0 Å². The number of amides is 1. The summed E-state index contributed by atoms with van der Waals surface area (Å²) in [7, 11) is 4.70. The van der Waals surface area contributed by atoms with Crippen molar-refractivity contribution >= 4 is 31.0 Å². The van der Waals surface area contributed by atoms with E-state index in [1.165, 1.54) is 0 Å². The van der Waals surface area contributed by atoms with Crippen molar-refractivity contribution in [3.8, 4) is 0 Å². The smallest absolute Gasteiger partial charge is 0.228 e. The summed E-state index contributed by atoms with van der Waals surface area (Å²) in [6.07, 6.45) is 2.28. The summed E-state index contributed by atoms with van der Waals surface area (Å²) in [6, 6.07) is -0.226. The van der Waals surface area contributed by atoms with Crippen LogP contribution < -0.4 is 5.09 Å². The van der Waals surface area contributed by atoms with Crippen molar-refractivity contribution in [2.75, 3.05) is 6.54 Å². The van der Waals surface area contributed by atoms with Gasteiger partial charge in [-0.15, -0.1) is 0 Å². The molecule has 0 aromatic rings. The second-order valence-corrected chi connectivity index (χ2v) is 4.12.